The fraction of sp³-hybridized carbons (Fsp3) is 0.192. The Kier molecular flexibility index (Phi) is 7.81. The van der Waals surface area contributed by atoms with Crippen molar-refractivity contribution in [2.45, 2.75) is 6.92 Å². The van der Waals surface area contributed by atoms with Crippen LogP contribution in [0.15, 0.2) is 84.5 Å². The molecule has 7 heteroatoms. The number of benzene rings is 1. The number of aromatic nitrogens is 1. The molecule has 7 nitrogen and oxygen atoms in total. The molecule has 0 saturated heterocycles. The molecule has 1 aromatic carbocycles. The van der Waals surface area contributed by atoms with E-state index in [0.717, 1.165) is 16.5 Å². The third-order valence-electron chi connectivity index (χ3n) is 5.29. The number of pyridine rings is 1. The number of nitrogens with one attached hydrogen (secondary N) is 1. The highest BCUT2D eigenvalue weighted by Crippen LogP contribution is 2.37. The van der Waals surface area contributed by atoms with E-state index in [1.54, 1.807) is 32.7 Å². The molecule has 2 aliphatic rings. The monoisotopic (exact) mass is 446 g/mol. The summed E-state index contributed by atoms with van der Waals surface area (Å²) in [5.41, 5.74) is 1.77. The minimum absolute atomic E-state index is 0.0267. The lowest BCUT2D eigenvalue weighted by Gasteiger charge is -2.27. The summed E-state index contributed by atoms with van der Waals surface area (Å²) in [4.78, 5) is 24.9. The second-order valence-electron chi connectivity index (χ2n) is 7.15. The topological polar surface area (TPSA) is 86.8 Å². The molecule has 0 spiro atoms. The van der Waals surface area contributed by atoms with Crippen LogP contribution in [0.3, 0.4) is 0 Å². The molecule has 0 fully saturated rings. The lowest BCUT2D eigenvalue weighted by Crippen LogP contribution is -2.32. The highest BCUT2D eigenvalue weighted by Gasteiger charge is 2.30. The quantitative estimate of drug-likeness (QED) is 0.713. The SMILES string of the molecule is C/C=C\NC(=O)C1C=CC=C2C=C(Oc3ccnc4cc(OC)c(OC)cc34)C=CC21.C=O. The lowest BCUT2D eigenvalue weighted by molar-refractivity contribution is -0.123. The second kappa shape index (κ2) is 10.9. The summed E-state index contributed by atoms with van der Waals surface area (Å²) in [5.74, 6) is 2.25. The maximum Gasteiger partial charge on any atom is 0.231 e. The van der Waals surface area contributed by atoms with Gasteiger partial charge >= 0.3 is 0 Å². The molecule has 1 heterocycles. The molecule has 0 radical (unpaired) electrons. The number of hydrogen-bond donors (Lipinski definition) is 1. The number of carbonyl (C=O) groups excluding carboxylic acids is 2. The summed E-state index contributed by atoms with van der Waals surface area (Å²) >= 11 is 0. The smallest absolute Gasteiger partial charge is 0.231 e. The Morgan fingerprint density at radius 1 is 1.12 bits per heavy atom. The van der Waals surface area contributed by atoms with E-state index < -0.39 is 0 Å². The molecule has 1 aromatic heterocycles. The number of hydrogen-bond acceptors (Lipinski definition) is 6. The molecular formula is C26H26N2O5. The zero-order chi connectivity index (χ0) is 23.8. The largest absolute Gasteiger partial charge is 0.493 e. The molecular weight excluding hydrogens is 420 g/mol. The summed E-state index contributed by atoms with van der Waals surface area (Å²) in [5, 5.41) is 3.63. The third-order valence-corrected chi connectivity index (χ3v) is 5.29. The Hall–Kier alpha value is -4.13. The van der Waals surface area contributed by atoms with Gasteiger partial charge in [0.15, 0.2) is 11.5 Å². The second-order valence-corrected chi connectivity index (χ2v) is 7.15. The van der Waals surface area contributed by atoms with Gasteiger partial charge in [0.1, 0.15) is 18.3 Å². The number of carbonyl (C=O) groups is 2. The van der Waals surface area contributed by atoms with Crippen LogP contribution in [0.2, 0.25) is 0 Å². The molecule has 2 aliphatic carbocycles. The maximum atomic E-state index is 12.5. The third kappa shape index (κ3) is 5.03. The van der Waals surface area contributed by atoms with Crippen molar-refractivity contribution in [3.8, 4) is 17.2 Å². The Morgan fingerprint density at radius 2 is 1.88 bits per heavy atom. The first-order valence-corrected chi connectivity index (χ1v) is 10.3. The van der Waals surface area contributed by atoms with Crippen LogP contribution in [-0.4, -0.2) is 31.9 Å². The minimum Gasteiger partial charge on any atom is -0.493 e. The van der Waals surface area contributed by atoms with Crippen LogP contribution in [0, 0.1) is 11.8 Å². The van der Waals surface area contributed by atoms with Crippen LogP contribution in [0.25, 0.3) is 10.9 Å². The van der Waals surface area contributed by atoms with Gasteiger partial charge in [-0.25, -0.2) is 0 Å². The Bertz CT molecular complexity index is 1180. The van der Waals surface area contributed by atoms with Crippen LogP contribution in [-0.2, 0) is 9.59 Å². The number of amides is 1. The molecule has 0 saturated carbocycles. The van der Waals surface area contributed by atoms with Gasteiger partial charge in [-0.2, -0.15) is 0 Å². The number of allylic oxidation sites excluding steroid dienone is 7. The van der Waals surface area contributed by atoms with E-state index in [1.165, 1.54) is 0 Å². The van der Waals surface area contributed by atoms with Gasteiger partial charge in [-0.05, 0) is 43.0 Å². The van der Waals surface area contributed by atoms with Crippen molar-refractivity contribution < 1.29 is 23.8 Å². The number of rotatable bonds is 6. The van der Waals surface area contributed by atoms with Crippen molar-refractivity contribution in [1.82, 2.24) is 10.3 Å². The van der Waals surface area contributed by atoms with Gasteiger partial charge < -0.3 is 24.3 Å². The van der Waals surface area contributed by atoms with E-state index in [1.807, 2.05) is 68.4 Å². The number of fused-ring (bicyclic) bond motifs is 2. The first-order chi connectivity index (χ1) is 16.1. The number of ether oxygens (including phenoxy) is 3. The van der Waals surface area contributed by atoms with Crippen LogP contribution < -0.4 is 19.5 Å². The van der Waals surface area contributed by atoms with Crippen molar-refractivity contribution in [3.63, 3.8) is 0 Å². The van der Waals surface area contributed by atoms with E-state index in [9.17, 15) is 4.79 Å². The summed E-state index contributed by atoms with van der Waals surface area (Å²) in [6.45, 7) is 3.86. The summed E-state index contributed by atoms with van der Waals surface area (Å²) < 4.78 is 17.0. The summed E-state index contributed by atoms with van der Waals surface area (Å²) in [7, 11) is 3.19. The zero-order valence-corrected chi connectivity index (χ0v) is 18.8. The highest BCUT2D eigenvalue weighted by molar-refractivity contribution is 5.88. The standard InChI is InChI=1S/C25H24N2O4.CH2O/c1-4-11-27-25(28)19-7-5-6-16-13-17(8-9-18(16)19)31-22-10-12-26-21-15-24(30-3)23(29-2)14-20(21)22;1-2/h4-15,18-19H,1-3H3,(H,27,28);1H2/b11-4-;. The molecule has 4 rings (SSSR count). The van der Waals surface area contributed by atoms with Gasteiger partial charge in [0, 0.05) is 23.6 Å². The molecule has 33 heavy (non-hydrogen) atoms. The average Bonchev–Trinajstić information content (AvgIpc) is 2.87. The van der Waals surface area contributed by atoms with E-state index in [4.69, 9.17) is 19.0 Å². The summed E-state index contributed by atoms with van der Waals surface area (Å²) in [6.07, 6.45) is 16.9. The van der Waals surface area contributed by atoms with Crippen LogP contribution in [0.4, 0.5) is 0 Å². The lowest BCUT2D eigenvalue weighted by atomic mass is 9.79. The number of methoxy groups -OCH3 is 2. The van der Waals surface area contributed by atoms with Crippen LogP contribution in [0.5, 0.6) is 17.2 Å². The van der Waals surface area contributed by atoms with Gasteiger partial charge in [0.05, 0.1) is 25.7 Å². The van der Waals surface area contributed by atoms with Crippen molar-refractivity contribution in [2.24, 2.45) is 11.8 Å². The fourth-order valence-electron chi connectivity index (χ4n) is 3.75. The predicted octanol–water partition coefficient (Wildman–Crippen LogP) is 4.28. The fourth-order valence-corrected chi connectivity index (χ4v) is 3.75. The zero-order valence-electron chi connectivity index (χ0n) is 18.8. The maximum absolute atomic E-state index is 12.5. The normalized spacial score (nSPS) is 18.5. The number of nitrogens with zero attached hydrogens (tertiary/aromatic N) is 1. The van der Waals surface area contributed by atoms with Gasteiger partial charge in [-0.3, -0.25) is 9.78 Å². The Balaban J connectivity index is 0.00000149. The van der Waals surface area contributed by atoms with Gasteiger partial charge in [-0.1, -0.05) is 30.4 Å². The molecule has 0 bridgehead atoms. The van der Waals surface area contributed by atoms with Crippen molar-refractivity contribution in [2.75, 3.05) is 14.2 Å². The first kappa shape index (κ1) is 23.5. The Morgan fingerprint density at radius 3 is 2.61 bits per heavy atom. The van der Waals surface area contributed by atoms with Crippen LogP contribution >= 0.6 is 0 Å². The molecule has 1 amide bonds. The van der Waals surface area contributed by atoms with Crippen molar-refractivity contribution in [3.05, 3.63) is 84.5 Å². The average molecular weight is 447 g/mol. The van der Waals surface area contributed by atoms with Gasteiger partial charge in [0.25, 0.3) is 0 Å². The molecule has 2 aromatic rings. The summed E-state index contributed by atoms with van der Waals surface area (Å²) in [6, 6.07) is 5.50. The minimum atomic E-state index is -0.260. The van der Waals surface area contributed by atoms with Gasteiger partial charge in [0.2, 0.25) is 5.91 Å². The van der Waals surface area contributed by atoms with Crippen LogP contribution in [0.1, 0.15) is 6.92 Å². The molecule has 170 valence electrons. The molecule has 2 unspecified atom stereocenters. The van der Waals surface area contributed by atoms with E-state index in [0.29, 0.717) is 23.0 Å². The molecule has 1 N–H and O–H groups in total. The highest BCUT2D eigenvalue weighted by atomic mass is 16.5. The first-order valence-electron chi connectivity index (χ1n) is 10.3. The van der Waals surface area contributed by atoms with E-state index in [2.05, 4.69) is 10.3 Å². The van der Waals surface area contributed by atoms with E-state index >= 15 is 0 Å². The van der Waals surface area contributed by atoms with E-state index in [-0.39, 0.29) is 17.7 Å². The van der Waals surface area contributed by atoms with Crippen molar-refractivity contribution >= 4 is 23.6 Å². The predicted molar refractivity (Wildman–Crippen MR) is 127 cm³/mol. The Labute approximate surface area is 192 Å². The molecule has 2 atom stereocenters. The van der Waals surface area contributed by atoms with Gasteiger partial charge in [-0.15, -0.1) is 0 Å². The molecule has 0 aliphatic heterocycles. The van der Waals surface area contributed by atoms with Crippen molar-refractivity contribution in [1.29, 1.82) is 0 Å².